The number of aromatic nitrogens is 1. The summed E-state index contributed by atoms with van der Waals surface area (Å²) in [6.07, 6.45) is 4.76. The number of hydrogen-bond acceptors (Lipinski definition) is 3. The number of fused-ring (bicyclic) bond motifs is 1. The van der Waals surface area contributed by atoms with Crippen LogP contribution in [0.2, 0.25) is 0 Å². The third-order valence-electron chi connectivity index (χ3n) is 3.47. The normalized spacial score (nSPS) is 16.8. The Morgan fingerprint density at radius 3 is 2.72 bits per heavy atom. The molecule has 1 aromatic carbocycles. The molecule has 0 N–H and O–H groups in total. The smallest absolute Gasteiger partial charge is 0.253 e. The van der Waals surface area contributed by atoms with E-state index in [2.05, 4.69) is 4.98 Å². The molecule has 3 nitrogen and oxygen atoms in total. The van der Waals surface area contributed by atoms with Crippen molar-refractivity contribution in [2.24, 2.45) is 0 Å². The first kappa shape index (κ1) is 11.7. The summed E-state index contributed by atoms with van der Waals surface area (Å²) in [6.45, 7) is 1.80. The lowest BCUT2D eigenvalue weighted by Crippen LogP contribution is -2.31. The molecule has 4 heteroatoms. The number of amides is 1. The van der Waals surface area contributed by atoms with Crippen LogP contribution in [0.25, 0.3) is 10.2 Å². The number of hydrogen-bond donors (Lipinski definition) is 0. The second kappa shape index (κ2) is 5.06. The summed E-state index contributed by atoms with van der Waals surface area (Å²) in [7, 11) is 0. The minimum atomic E-state index is 0.173. The first-order chi connectivity index (χ1) is 8.84. The Bertz CT molecular complexity index is 556. The highest BCUT2D eigenvalue weighted by Gasteiger charge is 2.17. The van der Waals surface area contributed by atoms with E-state index in [0.717, 1.165) is 41.7 Å². The Kier molecular flexibility index (Phi) is 3.28. The minimum absolute atomic E-state index is 0.173. The maximum atomic E-state index is 12.4. The molecule has 0 radical (unpaired) electrons. The molecule has 0 bridgehead atoms. The molecule has 18 heavy (non-hydrogen) atoms. The Hall–Kier alpha value is -1.42. The van der Waals surface area contributed by atoms with Gasteiger partial charge in [-0.15, -0.1) is 11.3 Å². The van der Waals surface area contributed by atoms with E-state index in [1.165, 1.54) is 12.8 Å². The van der Waals surface area contributed by atoms with Crippen LogP contribution in [0.15, 0.2) is 23.7 Å². The monoisotopic (exact) mass is 260 g/mol. The number of carbonyl (C=O) groups excluding carboxylic acids is 1. The predicted molar refractivity (Wildman–Crippen MR) is 74.0 cm³/mol. The summed E-state index contributed by atoms with van der Waals surface area (Å²) in [5, 5.41) is 0. The summed E-state index contributed by atoms with van der Waals surface area (Å²) >= 11 is 1.59. The summed E-state index contributed by atoms with van der Waals surface area (Å²) < 4.78 is 1.09. The lowest BCUT2D eigenvalue weighted by molar-refractivity contribution is 0.0762. The van der Waals surface area contributed by atoms with E-state index in [4.69, 9.17) is 0 Å². The zero-order chi connectivity index (χ0) is 12.4. The zero-order valence-electron chi connectivity index (χ0n) is 10.3. The van der Waals surface area contributed by atoms with Crippen LogP contribution in [-0.2, 0) is 0 Å². The van der Waals surface area contributed by atoms with Crippen molar-refractivity contribution in [2.75, 3.05) is 13.1 Å². The minimum Gasteiger partial charge on any atom is -0.339 e. The Morgan fingerprint density at radius 2 is 1.94 bits per heavy atom. The SMILES string of the molecule is O=C(c1ccc2ncsc2c1)N1CCCCCC1. The van der Waals surface area contributed by atoms with Gasteiger partial charge in [-0.25, -0.2) is 4.98 Å². The molecule has 1 aromatic heterocycles. The van der Waals surface area contributed by atoms with E-state index in [1.807, 2.05) is 28.6 Å². The molecule has 1 aliphatic rings. The average molecular weight is 260 g/mol. The van der Waals surface area contributed by atoms with Crippen molar-refractivity contribution in [1.82, 2.24) is 9.88 Å². The second-order valence-electron chi connectivity index (χ2n) is 4.74. The first-order valence-electron chi connectivity index (χ1n) is 6.47. The van der Waals surface area contributed by atoms with Crippen LogP contribution < -0.4 is 0 Å². The second-order valence-corrected chi connectivity index (χ2v) is 5.63. The topological polar surface area (TPSA) is 33.2 Å². The molecular formula is C14H16N2OS. The van der Waals surface area contributed by atoms with Gasteiger partial charge in [0.2, 0.25) is 0 Å². The van der Waals surface area contributed by atoms with Crippen molar-refractivity contribution in [2.45, 2.75) is 25.7 Å². The molecule has 2 aromatic rings. The quantitative estimate of drug-likeness (QED) is 0.788. The lowest BCUT2D eigenvalue weighted by atomic mass is 10.2. The highest BCUT2D eigenvalue weighted by atomic mass is 32.1. The molecular weight excluding hydrogens is 244 g/mol. The van der Waals surface area contributed by atoms with Gasteiger partial charge in [0.1, 0.15) is 0 Å². The Balaban J connectivity index is 1.85. The summed E-state index contributed by atoms with van der Waals surface area (Å²) in [5.41, 5.74) is 3.60. The van der Waals surface area contributed by atoms with Crippen LogP contribution in [0.3, 0.4) is 0 Å². The fourth-order valence-corrected chi connectivity index (χ4v) is 3.16. The molecule has 94 valence electrons. The van der Waals surface area contributed by atoms with Crippen LogP contribution in [-0.4, -0.2) is 28.9 Å². The summed E-state index contributed by atoms with van der Waals surface area (Å²) in [6, 6.07) is 5.81. The van der Waals surface area contributed by atoms with E-state index in [0.29, 0.717) is 0 Å². The van der Waals surface area contributed by atoms with E-state index < -0.39 is 0 Å². The van der Waals surface area contributed by atoms with Crippen molar-refractivity contribution in [1.29, 1.82) is 0 Å². The third-order valence-corrected chi connectivity index (χ3v) is 4.26. The standard InChI is InChI=1S/C14H16N2OS/c17-14(16-7-3-1-2-4-8-16)11-5-6-12-13(9-11)18-10-15-12/h5-6,9-10H,1-4,7-8H2. The maximum Gasteiger partial charge on any atom is 0.253 e. The average Bonchev–Trinajstić information content (AvgIpc) is 2.69. The number of nitrogens with zero attached hydrogens (tertiary/aromatic N) is 2. The largest absolute Gasteiger partial charge is 0.339 e. The molecule has 0 unspecified atom stereocenters. The van der Waals surface area contributed by atoms with Crippen LogP contribution in [0.1, 0.15) is 36.0 Å². The van der Waals surface area contributed by atoms with Gasteiger partial charge in [-0.05, 0) is 31.0 Å². The highest BCUT2D eigenvalue weighted by Crippen LogP contribution is 2.21. The predicted octanol–water partition coefficient (Wildman–Crippen LogP) is 3.31. The van der Waals surface area contributed by atoms with Gasteiger partial charge in [-0.1, -0.05) is 12.8 Å². The summed E-state index contributed by atoms with van der Waals surface area (Å²) in [4.78, 5) is 18.7. The van der Waals surface area contributed by atoms with Gasteiger partial charge in [0, 0.05) is 18.7 Å². The number of carbonyl (C=O) groups is 1. The Labute approximate surface area is 110 Å². The lowest BCUT2D eigenvalue weighted by Gasteiger charge is -2.20. The third kappa shape index (κ3) is 2.25. The molecule has 1 aliphatic heterocycles. The number of benzene rings is 1. The van der Waals surface area contributed by atoms with Gasteiger partial charge >= 0.3 is 0 Å². The van der Waals surface area contributed by atoms with Crippen LogP contribution in [0, 0.1) is 0 Å². The maximum absolute atomic E-state index is 12.4. The van der Waals surface area contributed by atoms with E-state index >= 15 is 0 Å². The van der Waals surface area contributed by atoms with Gasteiger partial charge in [-0.2, -0.15) is 0 Å². The fraction of sp³-hybridized carbons (Fsp3) is 0.429. The van der Waals surface area contributed by atoms with Crippen LogP contribution in [0.4, 0.5) is 0 Å². The molecule has 0 saturated carbocycles. The molecule has 1 saturated heterocycles. The highest BCUT2D eigenvalue weighted by molar-refractivity contribution is 7.16. The van der Waals surface area contributed by atoms with Gasteiger partial charge < -0.3 is 4.90 Å². The van der Waals surface area contributed by atoms with Crippen molar-refractivity contribution in [3.63, 3.8) is 0 Å². The molecule has 0 atom stereocenters. The van der Waals surface area contributed by atoms with Crippen LogP contribution >= 0.6 is 11.3 Å². The molecule has 1 amide bonds. The first-order valence-corrected chi connectivity index (χ1v) is 7.35. The van der Waals surface area contributed by atoms with Gasteiger partial charge in [0.25, 0.3) is 5.91 Å². The van der Waals surface area contributed by atoms with Crippen molar-refractivity contribution in [3.8, 4) is 0 Å². The summed E-state index contributed by atoms with van der Waals surface area (Å²) in [5.74, 6) is 0.173. The van der Waals surface area contributed by atoms with Gasteiger partial charge in [-0.3, -0.25) is 4.79 Å². The van der Waals surface area contributed by atoms with E-state index in [9.17, 15) is 4.79 Å². The fourth-order valence-electron chi connectivity index (χ4n) is 2.44. The van der Waals surface area contributed by atoms with Gasteiger partial charge in [0.05, 0.1) is 15.7 Å². The van der Waals surface area contributed by atoms with Crippen molar-refractivity contribution < 1.29 is 4.79 Å². The molecule has 3 rings (SSSR count). The Morgan fingerprint density at radius 1 is 1.17 bits per heavy atom. The zero-order valence-corrected chi connectivity index (χ0v) is 11.1. The van der Waals surface area contributed by atoms with E-state index in [1.54, 1.807) is 11.3 Å². The number of rotatable bonds is 1. The van der Waals surface area contributed by atoms with E-state index in [-0.39, 0.29) is 5.91 Å². The molecule has 1 fully saturated rings. The van der Waals surface area contributed by atoms with Gasteiger partial charge in [0.15, 0.2) is 0 Å². The van der Waals surface area contributed by atoms with Crippen LogP contribution in [0.5, 0.6) is 0 Å². The van der Waals surface area contributed by atoms with Crippen molar-refractivity contribution >= 4 is 27.5 Å². The molecule has 0 spiro atoms. The number of thiazole rings is 1. The number of likely N-dealkylation sites (tertiary alicyclic amines) is 1. The molecule has 0 aliphatic carbocycles. The molecule has 2 heterocycles. The van der Waals surface area contributed by atoms with Crippen molar-refractivity contribution in [3.05, 3.63) is 29.3 Å².